The van der Waals surface area contributed by atoms with Crippen LogP contribution < -0.4 is 0 Å². The van der Waals surface area contributed by atoms with Crippen LogP contribution in [0, 0.1) is 10.6 Å². The van der Waals surface area contributed by atoms with Crippen LogP contribution in [0.15, 0.2) is 18.3 Å². The lowest BCUT2D eigenvalue weighted by Gasteiger charge is -2.26. The largest absolute Gasteiger partial charge is 0.353 e. The monoisotopic (exact) mass is 236 g/mol. The molecule has 2 nitrogen and oxygen atoms in total. The minimum atomic E-state index is 0.535. The molecule has 0 amide bonds. The number of likely N-dealkylation sites (tertiary alicyclic amines) is 1. The van der Waals surface area contributed by atoms with Crippen molar-refractivity contribution in [1.82, 2.24) is 9.88 Å². The molecule has 1 saturated heterocycles. The summed E-state index contributed by atoms with van der Waals surface area (Å²) in [5.41, 5.74) is 1.30. The molecule has 2 heterocycles. The number of H-pyrrole nitrogens is 1. The molecular weight excluding hydrogens is 216 g/mol. The van der Waals surface area contributed by atoms with Crippen LogP contribution in [0.5, 0.6) is 0 Å². The highest BCUT2D eigenvalue weighted by Gasteiger charge is 2.26. The summed E-state index contributed by atoms with van der Waals surface area (Å²) in [4.78, 5) is 5.71. The van der Waals surface area contributed by atoms with Crippen molar-refractivity contribution in [3.8, 4) is 0 Å². The quantitative estimate of drug-likeness (QED) is 0.810. The molecule has 1 atom stereocenters. The first-order chi connectivity index (χ1) is 7.68. The van der Waals surface area contributed by atoms with Crippen LogP contribution in [0.1, 0.15) is 38.3 Å². The lowest BCUT2D eigenvalue weighted by atomic mass is 10.1. The zero-order valence-electron chi connectivity index (χ0n) is 10.1. The fourth-order valence-electron chi connectivity index (χ4n) is 2.56. The summed E-state index contributed by atoms with van der Waals surface area (Å²) in [6.07, 6.45) is 4.45. The second-order valence-electron chi connectivity index (χ2n) is 5.00. The highest BCUT2D eigenvalue weighted by molar-refractivity contribution is 7.71. The van der Waals surface area contributed by atoms with E-state index in [-0.39, 0.29) is 0 Å². The van der Waals surface area contributed by atoms with Crippen LogP contribution >= 0.6 is 12.2 Å². The predicted octanol–water partition coefficient (Wildman–Crippen LogP) is 3.54. The number of aromatic nitrogens is 1. The summed E-state index contributed by atoms with van der Waals surface area (Å²) in [5, 5.41) is 0. The normalized spacial score (nSPS) is 21.8. The Morgan fingerprint density at radius 2 is 2.38 bits per heavy atom. The van der Waals surface area contributed by atoms with Gasteiger partial charge in [-0.05, 0) is 31.4 Å². The van der Waals surface area contributed by atoms with Gasteiger partial charge < -0.3 is 4.98 Å². The van der Waals surface area contributed by atoms with Crippen LogP contribution in [-0.4, -0.2) is 23.0 Å². The highest BCUT2D eigenvalue weighted by atomic mass is 32.1. The summed E-state index contributed by atoms with van der Waals surface area (Å²) in [6.45, 7) is 6.95. The number of rotatable bonds is 3. The Morgan fingerprint density at radius 3 is 3.06 bits per heavy atom. The van der Waals surface area contributed by atoms with Gasteiger partial charge >= 0.3 is 0 Å². The van der Waals surface area contributed by atoms with E-state index in [1.54, 1.807) is 0 Å². The molecule has 1 fully saturated rings. The van der Waals surface area contributed by atoms with E-state index in [0.717, 1.165) is 10.6 Å². The highest BCUT2D eigenvalue weighted by Crippen LogP contribution is 2.32. The summed E-state index contributed by atoms with van der Waals surface area (Å²) in [6, 6.07) is 4.76. The maximum atomic E-state index is 5.37. The van der Waals surface area contributed by atoms with E-state index < -0.39 is 0 Å². The first kappa shape index (κ1) is 11.8. The van der Waals surface area contributed by atoms with Crippen molar-refractivity contribution in [2.45, 2.75) is 32.7 Å². The molecule has 0 aliphatic carbocycles. The van der Waals surface area contributed by atoms with Crippen molar-refractivity contribution in [3.05, 3.63) is 28.5 Å². The molecule has 1 N–H and O–H groups in total. The molecule has 1 aliphatic heterocycles. The maximum Gasteiger partial charge on any atom is 0.108 e. The van der Waals surface area contributed by atoms with E-state index >= 15 is 0 Å². The zero-order valence-corrected chi connectivity index (χ0v) is 10.9. The topological polar surface area (TPSA) is 19.0 Å². The standard InChI is InChI=1S/C13H20N2S/c1-10(2)9-15-8-4-6-12(15)11-5-3-7-14-13(11)16/h3,5,7,10,12H,4,6,8-9H2,1-2H3,(H,14,16). The number of aromatic amines is 1. The third-order valence-corrected chi connectivity index (χ3v) is 3.52. The fourth-order valence-corrected chi connectivity index (χ4v) is 2.84. The van der Waals surface area contributed by atoms with Gasteiger partial charge in [0.05, 0.1) is 0 Å². The van der Waals surface area contributed by atoms with Crippen LogP contribution in [0.4, 0.5) is 0 Å². The van der Waals surface area contributed by atoms with E-state index in [9.17, 15) is 0 Å². The van der Waals surface area contributed by atoms with Gasteiger partial charge in [-0.1, -0.05) is 32.1 Å². The fraction of sp³-hybridized carbons (Fsp3) is 0.615. The number of pyridine rings is 1. The van der Waals surface area contributed by atoms with Gasteiger partial charge in [-0.2, -0.15) is 0 Å². The summed E-state index contributed by atoms with van der Waals surface area (Å²) in [7, 11) is 0. The van der Waals surface area contributed by atoms with Crippen molar-refractivity contribution in [2.75, 3.05) is 13.1 Å². The van der Waals surface area contributed by atoms with Gasteiger partial charge in [0.15, 0.2) is 0 Å². The molecule has 2 rings (SSSR count). The Hall–Kier alpha value is -0.670. The maximum absolute atomic E-state index is 5.37. The summed E-state index contributed by atoms with van der Waals surface area (Å²) < 4.78 is 0.906. The van der Waals surface area contributed by atoms with Gasteiger partial charge in [0.2, 0.25) is 0 Å². The minimum absolute atomic E-state index is 0.535. The van der Waals surface area contributed by atoms with Crippen LogP contribution in [0.2, 0.25) is 0 Å². The molecule has 0 radical (unpaired) electrons. The van der Waals surface area contributed by atoms with Crippen LogP contribution in [0.25, 0.3) is 0 Å². The van der Waals surface area contributed by atoms with Crippen molar-refractivity contribution >= 4 is 12.2 Å². The SMILES string of the molecule is CC(C)CN1CCCC1c1ccc[nH]c1=S. The Morgan fingerprint density at radius 1 is 1.56 bits per heavy atom. The Labute approximate surface area is 103 Å². The smallest absolute Gasteiger partial charge is 0.108 e. The third-order valence-electron chi connectivity index (χ3n) is 3.17. The number of nitrogens with one attached hydrogen (secondary N) is 1. The molecule has 1 aromatic heterocycles. The molecule has 0 aromatic carbocycles. The lowest BCUT2D eigenvalue weighted by molar-refractivity contribution is 0.228. The molecule has 0 bridgehead atoms. The average molecular weight is 236 g/mol. The van der Waals surface area contributed by atoms with Crippen molar-refractivity contribution in [3.63, 3.8) is 0 Å². The predicted molar refractivity (Wildman–Crippen MR) is 70.0 cm³/mol. The van der Waals surface area contributed by atoms with E-state index in [2.05, 4.69) is 35.9 Å². The average Bonchev–Trinajstić information content (AvgIpc) is 2.66. The van der Waals surface area contributed by atoms with Crippen molar-refractivity contribution in [1.29, 1.82) is 0 Å². The van der Waals surface area contributed by atoms with Gasteiger partial charge in [0, 0.05) is 24.3 Å². The van der Waals surface area contributed by atoms with Crippen LogP contribution in [0.3, 0.4) is 0 Å². The van der Waals surface area contributed by atoms with E-state index in [1.807, 2.05) is 6.20 Å². The Bertz CT molecular complexity index is 397. The Balaban J connectivity index is 2.20. The van der Waals surface area contributed by atoms with Crippen molar-refractivity contribution < 1.29 is 0 Å². The molecule has 0 spiro atoms. The summed E-state index contributed by atoms with van der Waals surface area (Å²) >= 11 is 5.37. The molecule has 1 aromatic rings. The third kappa shape index (κ3) is 2.53. The number of hydrogen-bond acceptors (Lipinski definition) is 2. The lowest BCUT2D eigenvalue weighted by Crippen LogP contribution is -2.27. The van der Waals surface area contributed by atoms with E-state index in [4.69, 9.17) is 12.2 Å². The van der Waals surface area contributed by atoms with Gasteiger partial charge in [-0.25, -0.2) is 0 Å². The van der Waals surface area contributed by atoms with Gasteiger partial charge in [0.1, 0.15) is 4.64 Å². The molecule has 88 valence electrons. The van der Waals surface area contributed by atoms with Gasteiger partial charge in [-0.3, -0.25) is 4.90 Å². The second-order valence-corrected chi connectivity index (χ2v) is 5.41. The molecule has 3 heteroatoms. The molecule has 0 saturated carbocycles. The zero-order chi connectivity index (χ0) is 11.5. The summed E-state index contributed by atoms with van der Waals surface area (Å²) in [5.74, 6) is 0.724. The first-order valence-electron chi connectivity index (χ1n) is 6.10. The second kappa shape index (κ2) is 5.11. The molecule has 1 unspecified atom stereocenters. The number of hydrogen-bond donors (Lipinski definition) is 1. The first-order valence-corrected chi connectivity index (χ1v) is 6.51. The van der Waals surface area contributed by atoms with E-state index in [1.165, 1.54) is 31.5 Å². The number of nitrogens with zero attached hydrogens (tertiary/aromatic N) is 1. The molecule has 1 aliphatic rings. The van der Waals surface area contributed by atoms with Crippen LogP contribution in [-0.2, 0) is 0 Å². The van der Waals surface area contributed by atoms with Gasteiger partial charge in [-0.15, -0.1) is 0 Å². The molecular formula is C13H20N2S. The molecule has 16 heavy (non-hydrogen) atoms. The Kier molecular flexibility index (Phi) is 3.77. The van der Waals surface area contributed by atoms with Crippen molar-refractivity contribution in [2.24, 2.45) is 5.92 Å². The minimum Gasteiger partial charge on any atom is -0.353 e. The van der Waals surface area contributed by atoms with E-state index in [0.29, 0.717) is 6.04 Å². The van der Waals surface area contributed by atoms with Gasteiger partial charge in [0.25, 0.3) is 0 Å².